The Bertz CT molecular complexity index is 366. The van der Waals surface area contributed by atoms with E-state index in [2.05, 4.69) is 4.74 Å². The van der Waals surface area contributed by atoms with Crippen molar-refractivity contribution in [2.75, 3.05) is 14.2 Å². The second-order valence-corrected chi connectivity index (χ2v) is 4.97. The molecule has 1 rings (SSSR count). The van der Waals surface area contributed by atoms with E-state index in [4.69, 9.17) is 4.74 Å². The van der Waals surface area contributed by atoms with E-state index in [1.807, 2.05) is 13.8 Å². The van der Waals surface area contributed by atoms with Crippen molar-refractivity contribution in [2.45, 2.75) is 45.2 Å². The van der Waals surface area contributed by atoms with E-state index in [0.29, 0.717) is 12.8 Å². The van der Waals surface area contributed by atoms with Crippen LogP contribution in [-0.2, 0) is 23.9 Å². The van der Waals surface area contributed by atoms with Gasteiger partial charge in [0.2, 0.25) is 5.91 Å². The molecule has 2 atom stereocenters. The minimum Gasteiger partial charge on any atom is -0.469 e. The van der Waals surface area contributed by atoms with E-state index in [1.165, 1.54) is 19.1 Å². The SMILES string of the molecule is COC(=O)CC(C(C)C)N1C(=O)CCC1C(=O)OC. The van der Waals surface area contributed by atoms with Gasteiger partial charge in [0.15, 0.2) is 0 Å². The summed E-state index contributed by atoms with van der Waals surface area (Å²) in [5.41, 5.74) is 0. The predicted molar refractivity (Wildman–Crippen MR) is 67.1 cm³/mol. The average molecular weight is 271 g/mol. The van der Waals surface area contributed by atoms with Gasteiger partial charge in [0.05, 0.1) is 20.6 Å². The van der Waals surface area contributed by atoms with Crippen LogP contribution in [-0.4, -0.2) is 49.0 Å². The molecule has 1 heterocycles. The maximum absolute atomic E-state index is 12.0. The van der Waals surface area contributed by atoms with Crippen LogP contribution in [0.5, 0.6) is 0 Å². The Balaban J connectivity index is 2.94. The van der Waals surface area contributed by atoms with Gasteiger partial charge in [-0.3, -0.25) is 9.59 Å². The summed E-state index contributed by atoms with van der Waals surface area (Å²) in [4.78, 5) is 36.7. The van der Waals surface area contributed by atoms with Crippen LogP contribution in [0.1, 0.15) is 33.1 Å². The monoisotopic (exact) mass is 271 g/mol. The number of methoxy groups -OCH3 is 2. The van der Waals surface area contributed by atoms with Gasteiger partial charge in [-0.1, -0.05) is 13.8 Å². The first-order valence-corrected chi connectivity index (χ1v) is 6.38. The number of amides is 1. The Labute approximate surface area is 113 Å². The number of hydrogen-bond donors (Lipinski definition) is 0. The minimum atomic E-state index is -0.588. The highest BCUT2D eigenvalue weighted by molar-refractivity contribution is 5.88. The fourth-order valence-corrected chi connectivity index (χ4v) is 2.40. The molecular formula is C13H21NO5. The van der Waals surface area contributed by atoms with Crippen LogP contribution in [0.4, 0.5) is 0 Å². The Hall–Kier alpha value is -1.59. The van der Waals surface area contributed by atoms with Crippen LogP contribution in [0, 0.1) is 5.92 Å². The molecule has 1 fully saturated rings. The Morgan fingerprint density at radius 1 is 1.32 bits per heavy atom. The maximum Gasteiger partial charge on any atom is 0.328 e. The zero-order chi connectivity index (χ0) is 14.6. The Morgan fingerprint density at radius 2 is 1.95 bits per heavy atom. The van der Waals surface area contributed by atoms with Gasteiger partial charge in [0.25, 0.3) is 0 Å². The van der Waals surface area contributed by atoms with Crippen LogP contribution in [0.25, 0.3) is 0 Å². The van der Waals surface area contributed by atoms with E-state index in [-0.39, 0.29) is 30.3 Å². The average Bonchev–Trinajstić information content (AvgIpc) is 2.76. The summed E-state index contributed by atoms with van der Waals surface area (Å²) in [5, 5.41) is 0. The van der Waals surface area contributed by atoms with Crippen LogP contribution in [0.2, 0.25) is 0 Å². The Kier molecular flexibility index (Phi) is 5.32. The van der Waals surface area contributed by atoms with E-state index >= 15 is 0 Å². The molecule has 1 amide bonds. The fourth-order valence-electron chi connectivity index (χ4n) is 2.40. The molecule has 0 aromatic rings. The van der Waals surface area contributed by atoms with Crippen molar-refractivity contribution >= 4 is 17.8 Å². The zero-order valence-electron chi connectivity index (χ0n) is 11.8. The number of ether oxygens (including phenoxy) is 2. The summed E-state index contributed by atoms with van der Waals surface area (Å²) >= 11 is 0. The smallest absolute Gasteiger partial charge is 0.328 e. The lowest BCUT2D eigenvalue weighted by atomic mass is 9.98. The van der Waals surface area contributed by atoms with Gasteiger partial charge >= 0.3 is 11.9 Å². The molecule has 1 saturated heterocycles. The quantitative estimate of drug-likeness (QED) is 0.689. The first-order chi connectivity index (χ1) is 8.92. The van der Waals surface area contributed by atoms with Crippen LogP contribution >= 0.6 is 0 Å². The number of likely N-dealkylation sites (tertiary alicyclic amines) is 1. The van der Waals surface area contributed by atoms with Gasteiger partial charge in [-0.15, -0.1) is 0 Å². The molecule has 0 N–H and O–H groups in total. The molecular weight excluding hydrogens is 250 g/mol. The highest BCUT2D eigenvalue weighted by Crippen LogP contribution is 2.27. The number of carbonyl (C=O) groups is 3. The molecule has 108 valence electrons. The molecule has 0 saturated carbocycles. The molecule has 6 nitrogen and oxygen atoms in total. The number of carbonyl (C=O) groups excluding carboxylic acids is 3. The summed E-state index contributed by atoms with van der Waals surface area (Å²) in [6, 6.07) is -0.930. The van der Waals surface area contributed by atoms with Crippen LogP contribution in [0.3, 0.4) is 0 Å². The van der Waals surface area contributed by atoms with Gasteiger partial charge in [-0.2, -0.15) is 0 Å². The van der Waals surface area contributed by atoms with Gasteiger partial charge in [0, 0.05) is 12.5 Å². The largest absolute Gasteiger partial charge is 0.469 e. The van der Waals surface area contributed by atoms with E-state index in [0.717, 1.165) is 0 Å². The van der Waals surface area contributed by atoms with Crippen molar-refractivity contribution in [3.63, 3.8) is 0 Å². The summed E-state index contributed by atoms with van der Waals surface area (Å²) in [5.74, 6) is -0.880. The first-order valence-electron chi connectivity index (χ1n) is 6.38. The molecule has 0 aliphatic carbocycles. The molecule has 0 radical (unpaired) electrons. The molecule has 1 aliphatic rings. The number of rotatable bonds is 5. The van der Waals surface area contributed by atoms with Crippen molar-refractivity contribution in [2.24, 2.45) is 5.92 Å². The van der Waals surface area contributed by atoms with E-state index < -0.39 is 12.0 Å². The number of nitrogens with zero attached hydrogens (tertiary/aromatic N) is 1. The number of esters is 2. The van der Waals surface area contributed by atoms with E-state index in [9.17, 15) is 14.4 Å². The van der Waals surface area contributed by atoms with Crippen molar-refractivity contribution in [3.8, 4) is 0 Å². The second-order valence-electron chi connectivity index (χ2n) is 4.97. The summed E-state index contributed by atoms with van der Waals surface area (Å²) in [7, 11) is 2.61. The number of hydrogen-bond acceptors (Lipinski definition) is 5. The standard InChI is InChI=1S/C13H21NO5/c1-8(2)10(7-12(16)18-3)14-9(13(17)19-4)5-6-11(14)15/h8-10H,5-7H2,1-4H3. The molecule has 0 bridgehead atoms. The third-order valence-corrected chi connectivity index (χ3v) is 3.46. The summed E-state index contributed by atoms with van der Waals surface area (Å²) in [6.07, 6.45) is 0.841. The van der Waals surface area contributed by atoms with Crippen molar-refractivity contribution in [1.29, 1.82) is 0 Å². The predicted octanol–water partition coefficient (Wildman–Crippen LogP) is 0.738. The normalized spacial score (nSPS) is 20.6. The fraction of sp³-hybridized carbons (Fsp3) is 0.769. The molecule has 1 aliphatic heterocycles. The Morgan fingerprint density at radius 3 is 2.42 bits per heavy atom. The third kappa shape index (κ3) is 3.45. The second kappa shape index (κ2) is 6.54. The lowest BCUT2D eigenvalue weighted by molar-refractivity contribution is -0.154. The van der Waals surface area contributed by atoms with Crippen molar-refractivity contribution < 1.29 is 23.9 Å². The summed E-state index contributed by atoms with van der Waals surface area (Å²) < 4.78 is 9.38. The highest BCUT2D eigenvalue weighted by atomic mass is 16.5. The summed E-state index contributed by atoms with van der Waals surface area (Å²) in [6.45, 7) is 3.82. The molecule has 2 unspecified atom stereocenters. The van der Waals surface area contributed by atoms with Gasteiger partial charge in [0.1, 0.15) is 6.04 Å². The van der Waals surface area contributed by atoms with Gasteiger partial charge in [-0.05, 0) is 12.3 Å². The minimum absolute atomic E-state index is 0.0494. The highest BCUT2D eigenvalue weighted by Gasteiger charge is 2.42. The van der Waals surface area contributed by atoms with Crippen molar-refractivity contribution in [1.82, 2.24) is 4.90 Å². The van der Waals surface area contributed by atoms with E-state index in [1.54, 1.807) is 0 Å². The zero-order valence-corrected chi connectivity index (χ0v) is 11.8. The molecule has 0 aromatic carbocycles. The van der Waals surface area contributed by atoms with Crippen molar-refractivity contribution in [3.05, 3.63) is 0 Å². The van der Waals surface area contributed by atoms with Gasteiger partial charge < -0.3 is 14.4 Å². The lowest BCUT2D eigenvalue weighted by Gasteiger charge is -2.34. The maximum atomic E-state index is 12.0. The first kappa shape index (κ1) is 15.5. The topological polar surface area (TPSA) is 72.9 Å². The van der Waals surface area contributed by atoms with Crippen LogP contribution in [0.15, 0.2) is 0 Å². The van der Waals surface area contributed by atoms with Gasteiger partial charge in [-0.25, -0.2) is 4.79 Å². The van der Waals surface area contributed by atoms with Crippen LogP contribution < -0.4 is 0 Å². The molecule has 0 aromatic heterocycles. The lowest BCUT2D eigenvalue weighted by Crippen LogP contribution is -2.49. The molecule has 19 heavy (non-hydrogen) atoms. The third-order valence-electron chi connectivity index (χ3n) is 3.46. The molecule has 6 heteroatoms. The molecule has 0 spiro atoms.